The predicted molar refractivity (Wildman–Crippen MR) is 72.3 cm³/mol. The maximum atomic E-state index is 10.9. The molecule has 1 atom stereocenters. The zero-order chi connectivity index (χ0) is 13.2. The second-order valence-electron chi connectivity index (χ2n) is 5.05. The van der Waals surface area contributed by atoms with Gasteiger partial charge >= 0.3 is 0 Å². The number of pyridine rings is 1. The summed E-state index contributed by atoms with van der Waals surface area (Å²) in [5, 5.41) is 8.44. The summed E-state index contributed by atoms with van der Waals surface area (Å²) in [6.07, 6.45) is 6.06. The van der Waals surface area contributed by atoms with Gasteiger partial charge in [0, 0.05) is 24.2 Å². The van der Waals surface area contributed by atoms with E-state index in [1.807, 2.05) is 16.7 Å². The van der Waals surface area contributed by atoms with Crippen molar-refractivity contribution in [2.45, 2.75) is 32.2 Å². The Labute approximate surface area is 112 Å². The van der Waals surface area contributed by atoms with Crippen LogP contribution in [-0.2, 0) is 6.42 Å². The molecule has 3 heterocycles. The Morgan fingerprint density at radius 1 is 1.42 bits per heavy atom. The monoisotopic (exact) mass is 258 g/mol. The molecule has 1 saturated heterocycles. The van der Waals surface area contributed by atoms with Crippen LogP contribution < -0.4 is 0 Å². The van der Waals surface area contributed by atoms with Crippen molar-refractivity contribution in [2.24, 2.45) is 0 Å². The first kappa shape index (κ1) is 12.3. The summed E-state index contributed by atoms with van der Waals surface area (Å²) in [5.74, 6) is 0.948. The molecule has 1 aliphatic heterocycles. The molecule has 19 heavy (non-hydrogen) atoms. The van der Waals surface area contributed by atoms with Gasteiger partial charge in [0.1, 0.15) is 5.82 Å². The summed E-state index contributed by atoms with van der Waals surface area (Å²) < 4.78 is 1.94. The van der Waals surface area contributed by atoms with Crippen LogP contribution in [0.15, 0.2) is 18.3 Å². The summed E-state index contributed by atoms with van der Waals surface area (Å²) >= 11 is 0. The molecular formula is C14H18N4O. The van der Waals surface area contributed by atoms with E-state index < -0.39 is 0 Å². The van der Waals surface area contributed by atoms with Gasteiger partial charge in [-0.25, -0.2) is 0 Å². The smallest absolute Gasteiger partial charge is 0.160 e. The summed E-state index contributed by atoms with van der Waals surface area (Å²) in [4.78, 5) is 13.4. The number of aromatic nitrogens is 3. The highest BCUT2D eigenvalue weighted by Crippen LogP contribution is 2.20. The minimum absolute atomic E-state index is 0.553. The fourth-order valence-corrected chi connectivity index (χ4v) is 2.92. The standard InChI is InChI=1S/C14H18N4O/c1-2-17-7-3-4-12(17)8-14-16-15-13-6-5-11(10-19)9-18(13)14/h5-6,9-10,12H,2-4,7-8H2,1H3. The van der Waals surface area contributed by atoms with Crippen LogP contribution in [0.2, 0.25) is 0 Å². The van der Waals surface area contributed by atoms with Gasteiger partial charge in [-0.15, -0.1) is 10.2 Å². The van der Waals surface area contributed by atoms with Gasteiger partial charge in [-0.1, -0.05) is 6.92 Å². The first-order chi connectivity index (χ1) is 9.31. The largest absolute Gasteiger partial charge is 0.300 e. The molecule has 0 radical (unpaired) electrons. The van der Waals surface area contributed by atoms with Crippen LogP contribution in [-0.4, -0.2) is 44.9 Å². The average Bonchev–Trinajstić information content (AvgIpc) is 3.06. The van der Waals surface area contributed by atoms with Gasteiger partial charge in [0.05, 0.1) is 0 Å². The normalized spacial score (nSPS) is 20.2. The quantitative estimate of drug-likeness (QED) is 0.781. The number of fused-ring (bicyclic) bond motifs is 1. The van der Waals surface area contributed by atoms with E-state index in [1.165, 1.54) is 19.4 Å². The van der Waals surface area contributed by atoms with Crippen molar-refractivity contribution >= 4 is 11.9 Å². The maximum Gasteiger partial charge on any atom is 0.160 e. The van der Waals surface area contributed by atoms with E-state index in [1.54, 1.807) is 6.07 Å². The second-order valence-corrected chi connectivity index (χ2v) is 5.05. The number of carbonyl (C=O) groups is 1. The molecule has 0 aliphatic carbocycles. The molecule has 0 N–H and O–H groups in total. The highest BCUT2D eigenvalue weighted by atomic mass is 16.1. The van der Waals surface area contributed by atoms with Gasteiger partial charge in [0.2, 0.25) is 0 Å². The lowest BCUT2D eigenvalue weighted by Gasteiger charge is -2.21. The van der Waals surface area contributed by atoms with Crippen LogP contribution in [0, 0.1) is 0 Å². The molecule has 100 valence electrons. The van der Waals surface area contributed by atoms with Crippen molar-refractivity contribution in [2.75, 3.05) is 13.1 Å². The van der Waals surface area contributed by atoms with Crippen molar-refractivity contribution in [3.8, 4) is 0 Å². The molecule has 0 bridgehead atoms. The highest BCUT2D eigenvalue weighted by Gasteiger charge is 2.24. The number of aldehydes is 1. The Morgan fingerprint density at radius 2 is 2.32 bits per heavy atom. The number of hydrogen-bond donors (Lipinski definition) is 0. The first-order valence-corrected chi connectivity index (χ1v) is 6.84. The molecule has 0 aromatic carbocycles. The highest BCUT2D eigenvalue weighted by molar-refractivity contribution is 5.74. The zero-order valence-electron chi connectivity index (χ0n) is 11.1. The van der Waals surface area contributed by atoms with Crippen LogP contribution in [0.4, 0.5) is 0 Å². The lowest BCUT2D eigenvalue weighted by Crippen LogP contribution is -2.31. The lowest BCUT2D eigenvalue weighted by atomic mass is 10.1. The van der Waals surface area contributed by atoms with Crippen LogP contribution in [0.5, 0.6) is 0 Å². The van der Waals surface area contributed by atoms with E-state index in [2.05, 4.69) is 22.0 Å². The third kappa shape index (κ3) is 2.26. The van der Waals surface area contributed by atoms with Gasteiger partial charge in [0.25, 0.3) is 0 Å². The molecule has 1 unspecified atom stereocenters. The Balaban J connectivity index is 1.90. The summed E-state index contributed by atoms with van der Waals surface area (Å²) in [7, 11) is 0. The van der Waals surface area contributed by atoms with E-state index in [0.717, 1.165) is 30.7 Å². The Bertz CT molecular complexity index is 592. The van der Waals surface area contributed by atoms with E-state index in [-0.39, 0.29) is 0 Å². The summed E-state index contributed by atoms with van der Waals surface area (Å²) in [5.41, 5.74) is 1.47. The van der Waals surface area contributed by atoms with Crippen molar-refractivity contribution in [1.82, 2.24) is 19.5 Å². The number of carbonyl (C=O) groups excluding carboxylic acids is 1. The molecule has 5 heteroatoms. The summed E-state index contributed by atoms with van der Waals surface area (Å²) in [6, 6.07) is 4.17. The van der Waals surface area contributed by atoms with Gasteiger partial charge < -0.3 is 4.90 Å². The maximum absolute atomic E-state index is 10.9. The molecule has 3 rings (SSSR count). The zero-order valence-corrected chi connectivity index (χ0v) is 11.1. The average molecular weight is 258 g/mol. The molecule has 2 aromatic heterocycles. The van der Waals surface area contributed by atoms with Gasteiger partial charge in [-0.2, -0.15) is 0 Å². The molecular weight excluding hydrogens is 240 g/mol. The molecule has 1 aliphatic rings. The predicted octanol–water partition coefficient (Wildman–Crippen LogP) is 1.57. The third-order valence-corrected chi connectivity index (χ3v) is 3.96. The molecule has 0 amide bonds. The van der Waals surface area contributed by atoms with Crippen LogP contribution in [0.1, 0.15) is 35.9 Å². The minimum Gasteiger partial charge on any atom is -0.300 e. The van der Waals surface area contributed by atoms with Crippen LogP contribution in [0.3, 0.4) is 0 Å². The first-order valence-electron chi connectivity index (χ1n) is 6.84. The molecule has 1 fully saturated rings. The van der Waals surface area contributed by atoms with Crippen molar-refractivity contribution < 1.29 is 4.79 Å². The van der Waals surface area contributed by atoms with Gasteiger partial charge in [0.15, 0.2) is 11.9 Å². The van der Waals surface area contributed by atoms with E-state index in [9.17, 15) is 4.79 Å². The topological polar surface area (TPSA) is 50.5 Å². The van der Waals surface area contributed by atoms with E-state index in [0.29, 0.717) is 11.6 Å². The number of likely N-dealkylation sites (N-methyl/N-ethyl adjacent to an activating group) is 1. The Morgan fingerprint density at radius 3 is 3.11 bits per heavy atom. The van der Waals surface area contributed by atoms with Crippen molar-refractivity contribution in [3.05, 3.63) is 29.7 Å². The minimum atomic E-state index is 0.553. The van der Waals surface area contributed by atoms with Crippen LogP contribution in [0.25, 0.3) is 5.65 Å². The second kappa shape index (κ2) is 5.09. The number of nitrogens with zero attached hydrogens (tertiary/aromatic N) is 4. The third-order valence-electron chi connectivity index (χ3n) is 3.96. The van der Waals surface area contributed by atoms with Crippen LogP contribution >= 0.6 is 0 Å². The van der Waals surface area contributed by atoms with Crippen molar-refractivity contribution in [1.29, 1.82) is 0 Å². The molecule has 0 spiro atoms. The van der Waals surface area contributed by atoms with Gasteiger partial charge in [-0.05, 0) is 38.1 Å². The summed E-state index contributed by atoms with van der Waals surface area (Å²) in [6.45, 7) is 4.46. The van der Waals surface area contributed by atoms with Gasteiger partial charge in [-0.3, -0.25) is 9.20 Å². The molecule has 5 nitrogen and oxygen atoms in total. The number of likely N-dealkylation sites (tertiary alicyclic amines) is 1. The molecule has 2 aromatic rings. The fraction of sp³-hybridized carbons (Fsp3) is 0.500. The van der Waals surface area contributed by atoms with Crippen molar-refractivity contribution in [3.63, 3.8) is 0 Å². The number of hydrogen-bond acceptors (Lipinski definition) is 4. The Hall–Kier alpha value is -1.75. The lowest BCUT2D eigenvalue weighted by molar-refractivity contribution is 0.112. The van der Waals surface area contributed by atoms with E-state index >= 15 is 0 Å². The van der Waals surface area contributed by atoms with E-state index in [4.69, 9.17) is 0 Å². The Kier molecular flexibility index (Phi) is 3.29. The fourth-order valence-electron chi connectivity index (χ4n) is 2.92. The number of rotatable bonds is 4. The molecule has 0 saturated carbocycles. The SMILES string of the molecule is CCN1CCCC1Cc1nnc2ccc(C=O)cn12.